The van der Waals surface area contributed by atoms with Crippen molar-refractivity contribution in [2.45, 2.75) is 37.8 Å². The Morgan fingerprint density at radius 2 is 2.15 bits per heavy atom. The second-order valence-corrected chi connectivity index (χ2v) is 5.93. The number of nitrogens with two attached hydrogens (primary N) is 1. The van der Waals surface area contributed by atoms with Gasteiger partial charge in [-0.15, -0.1) is 0 Å². The Bertz CT molecular complexity index is 519. The standard InChI is InChI=1S/C15H19ClN2O2/c16-10-5-6-12(17)11(9-10)15(19)18-7-8-20-14-4-2-1-3-13(14)18/h5-6,9,13-14H,1-4,7-8,17H2. The maximum absolute atomic E-state index is 12.8. The second-order valence-electron chi connectivity index (χ2n) is 5.49. The van der Waals surface area contributed by atoms with Crippen LogP contribution in [0.25, 0.3) is 0 Å². The molecule has 1 saturated carbocycles. The van der Waals surface area contributed by atoms with E-state index in [1.54, 1.807) is 18.2 Å². The van der Waals surface area contributed by atoms with Crippen LogP contribution in [0.2, 0.25) is 5.02 Å². The van der Waals surface area contributed by atoms with Crippen LogP contribution in [0.1, 0.15) is 36.0 Å². The molecule has 0 bridgehead atoms. The summed E-state index contributed by atoms with van der Waals surface area (Å²) in [6.07, 6.45) is 4.57. The zero-order valence-corrected chi connectivity index (χ0v) is 12.1. The summed E-state index contributed by atoms with van der Waals surface area (Å²) in [5, 5.41) is 0.538. The van der Waals surface area contributed by atoms with Crippen LogP contribution in [0.15, 0.2) is 18.2 Å². The number of benzene rings is 1. The predicted molar refractivity (Wildman–Crippen MR) is 78.9 cm³/mol. The van der Waals surface area contributed by atoms with Gasteiger partial charge < -0.3 is 15.4 Å². The summed E-state index contributed by atoms with van der Waals surface area (Å²) >= 11 is 5.99. The maximum atomic E-state index is 12.8. The lowest BCUT2D eigenvalue weighted by molar-refractivity contribution is -0.0752. The first-order valence-electron chi connectivity index (χ1n) is 7.14. The van der Waals surface area contributed by atoms with E-state index in [-0.39, 0.29) is 18.1 Å². The van der Waals surface area contributed by atoms with Crippen LogP contribution in [0.4, 0.5) is 5.69 Å². The average molecular weight is 295 g/mol. The predicted octanol–water partition coefficient (Wildman–Crippen LogP) is 2.71. The Morgan fingerprint density at radius 1 is 1.35 bits per heavy atom. The van der Waals surface area contributed by atoms with Crippen LogP contribution in [0, 0.1) is 0 Å². The van der Waals surface area contributed by atoms with Gasteiger partial charge in [-0.1, -0.05) is 24.4 Å². The zero-order chi connectivity index (χ0) is 14.1. The third-order valence-electron chi connectivity index (χ3n) is 4.24. The molecule has 3 rings (SSSR count). The highest BCUT2D eigenvalue weighted by Gasteiger charge is 2.37. The van der Waals surface area contributed by atoms with Crippen molar-refractivity contribution >= 4 is 23.2 Å². The number of ether oxygens (including phenoxy) is 1. The van der Waals surface area contributed by atoms with E-state index in [1.165, 1.54) is 6.42 Å². The molecule has 2 fully saturated rings. The van der Waals surface area contributed by atoms with Crippen molar-refractivity contribution < 1.29 is 9.53 Å². The molecule has 2 atom stereocenters. The summed E-state index contributed by atoms with van der Waals surface area (Å²) < 4.78 is 5.80. The molecule has 4 nitrogen and oxygen atoms in total. The molecular formula is C15H19ClN2O2. The molecular weight excluding hydrogens is 276 g/mol. The number of nitrogens with zero attached hydrogens (tertiary/aromatic N) is 1. The van der Waals surface area contributed by atoms with Gasteiger partial charge in [0.15, 0.2) is 0 Å². The van der Waals surface area contributed by atoms with Crippen molar-refractivity contribution in [1.29, 1.82) is 0 Å². The number of carbonyl (C=O) groups is 1. The van der Waals surface area contributed by atoms with Crippen molar-refractivity contribution in [1.82, 2.24) is 4.90 Å². The summed E-state index contributed by atoms with van der Waals surface area (Å²) in [4.78, 5) is 14.7. The Balaban J connectivity index is 1.87. The van der Waals surface area contributed by atoms with Crippen LogP contribution in [-0.4, -0.2) is 36.1 Å². The first-order valence-corrected chi connectivity index (χ1v) is 7.52. The van der Waals surface area contributed by atoms with Gasteiger partial charge in [-0.05, 0) is 31.0 Å². The molecule has 2 unspecified atom stereocenters. The second kappa shape index (κ2) is 5.62. The van der Waals surface area contributed by atoms with Crippen LogP contribution >= 0.6 is 11.6 Å². The van der Waals surface area contributed by atoms with Gasteiger partial charge in [0.25, 0.3) is 5.91 Å². The summed E-state index contributed by atoms with van der Waals surface area (Å²) in [6, 6.07) is 5.24. The summed E-state index contributed by atoms with van der Waals surface area (Å²) in [5.41, 5.74) is 6.92. The molecule has 1 aliphatic carbocycles. The molecule has 2 N–H and O–H groups in total. The highest BCUT2D eigenvalue weighted by molar-refractivity contribution is 6.31. The molecule has 5 heteroatoms. The van der Waals surface area contributed by atoms with Crippen LogP contribution in [0.5, 0.6) is 0 Å². The van der Waals surface area contributed by atoms with Gasteiger partial charge in [0.2, 0.25) is 0 Å². The SMILES string of the molecule is Nc1ccc(Cl)cc1C(=O)N1CCOC2CCCCC21. The number of rotatable bonds is 1. The van der Waals surface area contributed by atoms with Gasteiger partial charge in [-0.2, -0.15) is 0 Å². The van der Waals surface area contributed by atoms with E-state index >= 15 is 0 Å². The summed E-state index contributed by atoms with van der Waals surface area (Å²) in [7, 11) is 0. The van der Waals surface area contributed by atoms with Crippen molar-refractivity contribution in [2.75, 3.05) is 18.9 Å². The fourth-order valence-electron chi connectivity index (χ4n) is 3.22. The lowest BCUT2D eigenvalue weighted by Gasteiger charge is -2.43. The molecule has 0 spiro atoms. The van der Waals surface area contributed by atoms with Gasteiger partial charge in [0, 0.05) is 17.3 Å². The summed E-state index contributed by atoms with van der Waals surface area (Å²) in [5.74, 6) is -0.0230. The number of halogens is 1. The molecule has 1 amide bonds. The largest absolute Gasteiger partial charge is 0.398 e. The van der Waals surface area contributed by atoms with E-state index in [0.717, 1.165) is 19.3 Å². The van der Waals surface area contributed by atoms with E-state index in [2.05, 4.69) is 0 Å². The van der Waals surface area contributed by atoms with Gasteiger partial charge in [-0.25, -0.2) is 0 Å². The Kier molecular flexibility index (Phi) is 3.85. The van der Waals surface area contributed by atoms with Gasteiger partial charge in [-0.3, -0.25) is 4.79 Å². The molecule has 1 heterocycles. The molecule has 1 aromatic carbocycles. The fraction of sp³-hybridized carbons (Fsp3) is 0.533. The molecule has 0 radical (unpaired) electrons. The van der Waals surface area contributed by atoms with Crippen LogP contribution in [0.3, 0.4) is 0 Å². The fourth-order valence-corrected chi connectivity index (χ4v) is 3.39. The highest BCUT2D eigenvalue weighted by Crippen LogP contribution is 2.30. The van der Waals surface area contributed by atoms with E-state index in [1.807, 2.05) is 4.90 Å². The molecule has 1 aromatic rings. The Labute approximate surface area is 123 Å². The highest BCUT2D eigenvalue weighted by atomic mass is 35.5. The van der Waals surface area contributed by atoms with Crippen LogP contribution in [-0.2, 0) is 4.74 Å². The average Bonchev–Trinajstić information content (AvgIpc) is 2.48. The number of carbonyl (C=O) groups excluding carboxylic acids is 1. The smallest absolute Gasteiger partial charge is 0.256 e. The lowest BCUT2D eigenvalue weighted by Crippen LogP contribution is -2.54. The van der Waals surface area contributed by atoms with E-state index in [0.29, 0.717) is 29.4 Å². The Morgan fingerprint density at radius 3 is 3.00 bits per heavy atom. The van der Waals surface area contributed by atoms with Crippen molar-refractivity contribution in [3.63, 3.8) is 0 Å². The first-order chi connectivity index (χ1) is 9.66. The van der Waals surface area contributed by atoms with Gasteiger partial charge in [0.1, 0.15) is 0 Å². The minimum absolute atomic E-state index is 0.0230. The molecule has 1 aliphatic heterocycles. The van der Waals surface area contributed by atoms with Crippen molar-refractivity contribution in [3.8, 4) is 0 Å². The van der Waals surface area contributed by atoms with Gasteiger partial charge in [0.05, 0.1) is 24.3 Å². The third kappa shape index (κ3) is 2.50. The maximum Gasteiger partial charge on any atom is 0.256 e. The van der Waals surface area contributed by atoms with E-state index in [9.17, 15) is 4.79 Å². The third-order valence-corrected chi connectivity index (χ3v) is 4.47. The normalized spacial score (nSPS) is 26.1. The van der Waals surface area contributed by atoms with Gasteiger partial charge >= 0.3 is 0 Å². The molecule has 108 valence electrons. The number of hydrogen-bond donors (Lipinski definition) is 1. The summed E-state index contributed by atoms with van der Waals surface area (Å²) in [6.45, 7) is 1.24. The number of nitrogen functional groups attached to an aromatic ring is 1. The van der Waals surface area contributed by atoms with Crippen molar-refractivity contribution in [3.05, 3.63) is 28.8 Å². The number of anilines is 1. The lowest BCUT2D eigenvalue weighted by atomic mass is 9.89. The number of amides is 1. The number of fused-ring (bicyclic) bond motifs is 1. The topological polar surface area (TPSA) is 55.6 Å². The quantitative estimate of drug-likeness (QED) is 0.810. The van der Waals surface area contributed by atoms with Crippen molar-refractivity contribution in [2.24, 2.45) is 0 Å². The van der Waals surface area contributed by atoms with E-state index in [4.69, 9.17) is 22.1 Å². The molecule has 1 saturated heterocycles. The Hall–Kier alpha value is -1.26. The minimum Gasteiger partial charge on any atom is -0.398 e. The number of hydrogen-bond acceptors (Lipinski definition) is 3. The zero-order valence-electron chi connectivity index (χ0n) is 11.3. The van der Waals surface area contributed by atoms with Crippen LogP contribution < -0.4 is 5.73 Å². The molecule has 2 aliphatic rings. The van der Waals surface area contributed by atoms with E-state index < -0.39 is 0 Å². The molecule has 20 heavy (non-hydrogen) atoms. The monoisotopic (exact) mass is 294 g/mol. The number of morpholine rings is 1. The molecule has 0 aromatic heterocycles. The first kappa shape index (κ1) is 13.7. The minimum atomic E-state index is -0.0230.